The molecule has 2 heterocycles. The van der Waals surface area contributed by atoms with Gasteiger partial charge in [0.05, 0.1) is 15.1 Å². The Labute approximate surface area is 167 Å². The summed E-state index contributed by atoms with van der Waals surface area (Å²) in [6.07, 6.45) is 3.23. The van der Waals surface area contributed by atoms with E-state index in [4.69, 9.17) is 0 Å². The smallest absolute Gasteiger partial charge is 0.204 e. The molecule has 138 valence electrons. The lowest BCUT2D eigenvalue weighted by molar-refractivity contribution is 0.602. The molecule has 0 saturated heterocycles. The van der Waals surface area contributed by atoms with Crippen LogP contribution in [0.3, 0.4) is 0 Å². The van der Waals surface area contributed by atoms with Crippen molar-refractivity contribution in [1.82, 2.24) is 25.6 Å². The number of sulfone groups is 1. The van der Waals surface area contributed by atoms with Gasteiger partial charge in [0.15, 0.2) is 14.2 Å². The third-order valence-corrected chi connectivity index (χ3v) is 7.90. The fourth-order valence-corrected chi connectivity index (χ4v) is 6.12. The van der Waals surface area contributed by atoms with E-state index >= 15 is 0 Å². The molecule has 4 aromatic rings. The lowest BCUT2D eigenvalue weighted by Crippen LogP contribution is -1.95. The number of tetrazole rings is 1. The molecule has 4 rings (SSSR count). The summed E-state index contributed by atoms with van der Waals surface area (Å²) in [4.78, 5) is 7.08. The van der Waals surface area contributed by atoms with Crippen LogP contribution in [-0.4, -0.2) is 46.5 Å². The number of benzene rings is 2. The highest BCUT2D eigenvalue weighted by atomic mass is 32.2. The van der Waals surface area contributed by atoms with E-state index in [9.17, 15) is 8.42 Å². The number of aromatic amines is 1. The van der Waals surface area contributed by atoms with E-state index in [0.717, 1.165) is 29.9 Å². The molecule has 2 aromatic heterocycles. The van der Waals surface area contributed by atoms with Crippen LogP contribution >= 0.6 is 34.9 Å². The Bertz CT molecular complexity index is 1220. The summed E-state index contributed by atoms with van der Waals surface area (Å²) in [5.74, 6) is 0.534. The van der Waals surface area contributed by atoms with Crippen LogP contribution in [0.1, 0.15) is 0 Å². The van der Waals surface area contributed by atoms with E-state index in [1.165, 1.54) is 17.6 Å². The van der Waals surface area contributed by atoms with Crippen LogP contribution in [0.25, 0.3) is 21.6 Å². The molecule has 0 aliphatic carbocycles. The number of thiazole rings is 1. The molecule has 0 aliphatic rings. The van der Waals surface area contributed by atoms with Gasteiger partial charge in [-0.25, -0.2) is 13.4 Å². The normalized spacial score (nSPS) is 11.9. The van der Waals surface area contributed by atoms with Gasteiger partial charge < -0.3 is 0 Å². The molecule has 11 heteroatoms. The predicted octanol–water partition coefficient (Wildman–Crippen LogP) is 3.75. The summed E-state index contributed by atoms with van der Waals surface area (Å²) in [7, 11) is -3.24. The number of hydrogen-bond acceptors (Lipinski definition) is 9. The molecule has 1 N–H and O–H groups in total. The van der Waals surface area contributed by atoms with Gasteiger partial charge in [0.2, 0.25) is 5.82 Å². The van der Waals surface area contributed by atoms with E-state index in [2.05, 4.69) is 25.6 Å². The number of rotatable bonds is 5. The highest BCUT2D eigenvalue weighted by Gasteiger charge is 2.14. The van der Waals surface area contributed by atoms with Crippen molar-refractivity contribution in [3.8, 4) is 11.4 Å². The Morgan fingerprint density at radius 3 is 2.67 bits per heavy atom. The van der Waals surface area contributed by atoms with Gasteiger partial charge in [-0.1, -0.05) is 11.8 Å². The van der Waals surface area contributed by atoms with Crippen molar-refractivity contribution in [3.05, 3.63) is 36.4 Å². The first-order chi connectivity index (χ1) is 12.9. The van der Waals surface area contributed by atoms with E-state index in [1.807, 2.05) is 24.5 Å². The molecule has 0 amide bonds. The van der Waals surface area contributed by atoms with Gasteiger partial charge in [-0.05, 0) is 47.9 Å². The van der Waals surface area contributed by atoms with Gasteiger partial charge in [-0.15, -0.1) is 33.3 Å². The number of nitrogens with zero attached hydrogens (tertiary/aromatic N) is 4. The lowest BCUT2D eigenvalue weighted by atomic mass is 10.2. The van der Waals surface area contributed by atoms with Crippen molar-refractivity contribution in [2.45, 2.75) is 19.0 Å². The molecule has 0 unspecified atom stereocenters. The quantitative estimate of drug-likeness (QED) is 0.473. The summed E-state index contributed by atoms with van der Waals surface area (Å²) in [5.41, 5.74) is 1.65. The third-order valence-electron chi connectivity index (χ3n) is 3.73. The Hall–Kier alpha value is -1.95. The first-order valence-corrected chi connectivity index (χ1v) is 12.4. The number of fused-ring (bicyclic) bond motifs is 1. The number of nitrogens with one attached hydrogen (secondary N) is 1. The maximum Gasteiger partial charge on any atom is 0.204 e. The van der Waals surface area contributed by atoms with Crippen LogP contribution in [-0.2, 0) is 9.84 Å². The summed E-state index contributed by atoms with van der Waals surface area (Å²) in [6.45, 7) is 0. The minimum atomic E-state index is -3.24. The standard InChI is InChI=1S/C16H13N5O2S4/c1-24-12-6-3-9(15-18-20-21-19-15)7-14(12)26-16-17-11-5-4-10(27(2,22)23)8-13(11)25-16/h3-8H,1-2H3,(H,18,19,20,21). The average molecular weight is 436 g/mol. The van der Waals surface area contributed by atoms with Crippen molar-refractivity contribution in [3.63, 3.8) is 0 Å². The van der Waals surface area contributed by atoms with Crippen molar-refractivity contribution >= 4 is 54.9 Å². The molecule has 2 aromatic carbocycles. The zero-order valence-electron chi connectivity index (χ0n) is 14.2. The molecular formula is C16H13N5O2S4. The van der Waals surface area contributed by atoms with Crippen LogP contribution in [0.2, 0.25) is 0 Å². The minimum Gasteiger partial charge on any atom is -0.229 e. The molecule has 0 radical (unpaired) electrons. The first-order valence-electron chi connectivity index (χ1n) is 7.64. The predicted molar refractivity (Wildman–Crippen MR) is 108 cm³/mol. The SMILES string of the molecule is CSc1ccc(-c2nn[nH]n2)cc1Sc1nc2ccc(S(C)(=O)=O)cc2s1. The van der Waals surface area contributed by atoms with E-state index < -0.39 is 9.84 Å². The summed E-state index contributed by atoms with van der Waals surface area (Å²) < 4.78 is 25.2. The number of H-pyrrole nitrogens is 1. The molecular weight excluding hydrogens is 422 g/mol. The summed E-state index contributed by atoms with van der Waals surface area (Å²) in [5, 5.41) is 14.1. The topological polar surface area (TPSA) is 101 Å². The summed E-state index contributed by atoms with van der Waals surface area (Å²) >= 11 is 4.66. The van der Waals surface area contributed by atoms with Gasteiger partial charge in [-0.3, -0.25) is 0 Å². The van der Waals surface area contributed by atoms with Crippen LogP contribution < -0.4 is 0 Å². The molecule has 0 saturated carbocycles. The van der Waals surface area contributed by atoms with Crippen molar-refractivity contribution in [2.24, 2.45) is 0 Å². The maximum atomic E-state index is 11.8. The zero-order chi connectivity index (χ0) is 19.0. The lowest BCUT2D eigenvalue weighted by Gasteiger charge is -2.06. The highest BCUT2D eigenvalue weighted by Crippen LogP contribution is 2.40. The highest BCUT2D eigenvalue weighted by molar-refractivity contribution is 8.03. The molecule has 0 fully saturated rings. The van der Waals surface area contributed by atoms with E-state index in [-0.39, 0.29) is 0 Å². The Morgan fingerprint density at radius 1 is 1.11 bits per heavy atom. The van der Waals surface area contributed by atoms with Crippen molar-refractivity contribution in [1.29, 1.82) is 0 Å². The average Bonchev–Trinajstić information content (AvgIpc) is 3.29. The molecule has 0 bridgehead atoms. The van der Waals surface area contributed by atoms with Gasteiger partial charge in [0.1, 0.15) is 0 Å². The molecule has 0 spiro atoms. The molecule has 0 aliphatic heterocycles. The Morgan fingerprint density at radius 2 is 1.96 bits per heavy atom. The van der Waals surface area contributed by atoms with Gasteiger partial charge in [-0.2, -0.15) is 5.21 Å². The Balaban J connectivity index is 1.72. The fraction of sp³-hybridized carbons (Fsp3) is 0.125. The fourth-order valence-electron chi connectivity index (χ4n) is 2.43. The van der Waals surface area contributed by atoms with E-state index in [0.29, 0.717) is 10.7 Å². The first kappa shape index (κ1) is 18.4. The van der Waals surface area contributed by atoms with Crippen LogP contribution in [0.4, 0.5) is 0 Å². The Kier molecular flexibility index (Phi) is 4.93. The van der Waals surface area contributed by atoms with Crippen LogP contribution in [0.5, 0.6) is 0 Å². The molecule has 7 nitrogen and oxygen atoms in total. The monoisotopic (exact) mass is 435 g/mol. The van der Waals surface area contributed by atoms with E-state index in [1.54, 1.807) is 41.7 Å². The van der Waals surface area contributed by atoms with Gasteiger partial charge in [0, 0.05) is 21.6 Å². The molecule has 0 atom stereocenters. The van der Waals surface area contributed by atoms with Crippen LogP contribution in [0.15, 0.2) is 55.4 Å². The number of thioether (sulfide) groups is 1. The maximum absolute atomic E-state index is 11.8. The second kappa shape index (κ2) is 7.23. The zero-order valence-corrected chi connectivity index (χ0v) is 17.5. The number of hydrogen-bond donors (Lipinski definition) is 1. The van der Waals surface area contributed by atoms with Crippen molar-refractivity contribution in [2.75, 3.05) is 12.5 Å². The largest absolute Gasteiger partial charge is 0.229 e. The third kappa shape index (κ3) is 3.86. The van der Waals surface area contributed by atoms with Gasteiger partial charge >= 0.3 is 0 Å². The second-order valence-corrected chi connectivity index (χ2v) is 10.8. The summed E-state index contributed by atoms with van der Waals surface area (Å²) in [6, 6.07) is 11.0. The van der Waals surface area contributed by atoms with Gasteiger partial charge in [0.25, 0.3) is 0 Å². The molecule has 27 heavy (non-hydrogen) atoms. The minimum absolute atomic E-state index is 0.305. The number of aromatic nitrogens is 5. The van der Waals surface area contributed by atoms with Crippen molar-refractivity contribution < 1.29 is 8.42 Å². The second-order valence-electron chi connectivity index (χ2n) is 5.58. The van der Waals surface area contributed by atoms with Crippen LogP contribution in [0, 0.1) is 0 Å².